The van der Waals surface area contributed by atoms with Gasteiger partial charge < -0.3 is 10.1 Å². The van der Waals surface area contributed by atoms with E-state index in [1.807, 2.05) is 30.3 Å². The minimum absolute atomic E-state index is 0.0590. The number of ether oxygens (including phenoxy) is 1. The Bertz CT molecular complexity index is 847. The molecule has 140 valence electrons. The highest BCUT2D eigenvalue weighted by molar-refractivity contribution is 7.89. The van der Waals surface area contributed by atoms with Gasteiger partial charge in [-0.25, -0.2) is 17.5 Å². The summed E-state index contributed by atoms with van der Waals surface area (Å²) in [4.78, 5) is 11.7. The number of amides is 1. The molecule has 0 radical (unpaired) electrons. The second kappa shape index (κ2) is 9.51. The normalized spacial score (nSPS) is 11.2. The van der Waals surface area contributed by atoms with Gasteiger partial charge in [0.2, 0.25) is 10.0 Å². The third kappa shape index (κ3) is 6.99. The third-order valence-corrected chi connectivity index (χ3v) is 4.91. The van der Waals surface area contributed by atoms with E-state index in [9.17, 15) is 17.6 Å². The molecule has 9 heteroatoms. The standard InChI is InChI=1S/C17H18ClFN2O4S/c18-15-10-14(6-7-16(15)19)25-12-17(22)20-8-9-26(23,24)21-11-13-4-2-1-3-5-13/h1-7,10,21H,8-9,11-12H2,(H,20,22). The van der Waals surface area contributed by atoms with Gasteiger partial charge in [0.15, 0.2) is 6.61 Å². The summed E-state index contributed by atoms with van der Waals surface area (Å²) in [6, 6.07) is 12.8. The molecule has 1 amide bonds. The highest BCUT2D eigenvalue weighted by Gasteiger charge is 2.11. The molecular formula is C17H18ClFN2O4S. The number of benzene rings is 2. The van der Waals surface area contributed by atoms with Crippen LogP contribution in [0.3, 0.4) is 0 Å². The fourth-order valence-corrected chi connectivity index (χ4v) is 3.02. The molecule has 0 spiro atoms. The fourth-order valence-electron chi connectivity index (χ4n) is 1.95. The van der Waals surface area contributed by atoms with Crippen LogP contribution in [0.1, 0.15) is 5.56 Å². The van der Waals surface area contributed by atoms with Gasteiger partial charge in [-0.15, -0.1) is 0 Å². The van der Waals surface area contributed by atoms with Crippen molar-refractivity contribution in [1.82, 2.24) is 10.0 Å². The van der Waals surface area contributed by atoms with Crippen molar-refractivity contribution in [2.24, 2.45) is 0 Å². The van der Waals surface area contributed by atoms with Gasteiger partial charge >= 0.3 is 0 Å². The highest BCUT2D eigenvalue weighted by atomic mass is 35.5. The van der Waals surface area contributed by atoms with Gasteiger partial charge in [-0.3, -0.25) is 4.79 Å². The van der Waals surface area contributed by atoms with E-state index >= 15 is 0 Å². The maximum Gasteiger partial charge on any atom is 0.257 e. The summed E-state index contributed by atoms with van der Waals surface area (Å²) in [5.74, 6) is -1.10. The van der Waals surface area contributed by atoms with E-state index in [1.165, 1.54) is 12.1 Å². The van der Waals surface area contributed by atoms with Crippen molar-refractivity contribution in [1.29, 1.82) is 0 Å². The Balaban J connectivity index is 1.69. The van der Waals surface area contributed by atoms with Gasteiger partial charge in [0, 0.05) is 19.2 Å². The lowest BCUT2D eigenvalue weighted by atomic mass is 10.2. The second-order valence-electron chi connectivity index (χ2n) is 5.34. The lowest BCUT2D eigenvalue weighted by Gasteiger charge is -2.09. The summed E-state index contributed by atoms with van der Waals surface area (Å²) in [6.45, 7) is -0.207. The molecule has 0 aliphatic carbocycles. The van der Waals surface area contributed by atoms with E-state index in [0.29, 0.717) is 0 Å². The van der Waals surface area contributed by atoms with E-state index < -0.39 is 21.7 Å². The first-order chi connectivity index (χ1) is 12.4. The van der Waals surface area contributed by atoms with Crippen molar-refractivity contribution in [3.8, 4) is 5.75 Å². The molecule has 2 aromatic carbocycles. The van der Waals surface area contributed by atoms with Crippen molar-refractivity contribution in [3.63, 3.8) is 0 Å². The Morgan fingerprint density at radius 3 is 2.58 bits per heavy atom. The van der Waals surface area contributed by atoms with E-state index in [-0.39, 0.29) is 36.2 Å². The molecule has 2 N–H and O–H groups in total. The second-order valence-corrected chi connectivity index (χ2v) is 7.67. The molecule has 0 heterocycles. The van der Waals surface area contributed by atoms with Crippen LogP contribution in [-0.2, 0) is 21.4 Å². The van der Waals surface area contributed by atoms with Gasteiger partial charge in [-0.05, 0) is 17.7 Å². The van der Waals surface area contributed by atoms with E-state index in [2.05, 4.69) is 10.0 Å². The Hall–Kier alpha value is -2.16. The zero-order valence-electron chi connectivity index (χ0n) is 13.7. The van der Waals surface area contributed by atoms with Crippen LogP contribution < -0.4 is 14.8 Å². The molecular weight excluding hydrogens is 383 g/mol. The number of nitrogens with one attached hydrogen (secondary N) is 2. The van der Waals surface area contributed by atoms with Crippen LogP contribution in [0.25, 0.3) is 0 Å². The molecule has 0 bridgehead atoms. The van der Waals surface area contributed by atoms with Crippen LogP contribution in [0.15, 0.2) is 48.5 Å². The van der Waals surface area contributed by atoms with E-state index in [1.54, 1.807) is 0 Å². The summed E-state index contributed by atoms with van der Waals surface area (Å²) < 4.78 is 44.4. The number of rotatable bonds is 9. The largest absolute Gasteiger partial charge is 0.484 e. The first kappa shape index (κ1) is 20.2. The van der Waals surface area contributed by atoms with Gasteiger partial charge in [-0.2, -0.15) is 0 Å². The molecule has 26 heavy (non-hydrogen) atoms. The predicted molar refractivity (Wildman–Crippen MR) is 97.0 cm³/mol. The van der Waals surface area contributed by atoms with Gasteiger partial charge in [0.05, 0.1) is 10.8 Å². The molecule has 2 aromatic rings. The Morgan fingerprint density at radius 2 is 1.88 bits per heavy atom. The number of hydrogen-bond donors (Lipinski definition) is 2. The first-order valence-electron chi connectivity index (χ1n) is 7.71. The van der Waals surface area contributed by atoms with Crippen LogP contribution in [0.2, 0.25) is 5.02 Å². The summed E-state index contributed by atoms with van der Waals surface area (Å²) in [7, 11) is -3.52. The average molecular weight is 401 g/mol. The fraction of sp³-hybridized carbons (Fsp3) is 0.235. The maximum absolute atomic E-state index is 13.0. The molecule has 0 saturated carbocycles. The molecule has 0 unspecified atom stereocenters. The first-order valence-corrected chi connectivity index (χ1v) is 9.74. The molecule has 0 aliphatic heterocycles. The molecule has 0 aromatic heterocycles. The zero-order chi connectivity index (χ0) is 19.0. The van der Waals surface area contributed by atoms with Crippen LogP contribution in [0, 0.1) is 5.82 Å². The van der Waals surface area contributed by atoms with Gasteiger partial charge in [-0.1, -0.05) is 41.9 Å². The Kier molecular flexibility index (Phi) is 7.38. The molecule has 0 atom stereocenters. The predicted octanol–water partition coefficient (Wildman–Crippen LogP) is 2.09. The van der Waals surface area contributed by atoms with Crippen LogP contribution >= 0.6 is 11.6 Å². The smallest absolute Gasteiger partial charge is 0.257 e. The van der Waals surface area contributed by atoms with Crippen molar-refractivity contribution in [3.05, 3.63) is 64.9 Å². The van der Waals surface area contributed by atoms with Crippen LogP contribution in [0.5, 0.6) is 5.75 Å². The number of carbonyl (C=O) groups is 1. The molecule has 0 aliphatic rings. The Morgan fingerprint density at radius 1 is 1.15 bits per heavy atom. The molecule has 2 rings (SSSR count). The lowest BCUT2D eigenvalue weighted by Crippen LogP contribution is -2.36. The van der Waals surface area contributed by atoms with Gasteiger partial charge in [0.25, 0.3) is 5.91 Å². The molecule has 6 nitrogen and oxygen atoms in total. The minimum atomic E-state index is -3.52. The highest BCUT2D eigenvalue weighted by Crippen LogP contribution is 2.20. The summed E-state index contributed by atoms with van der Waals surface area (Å²) in [5.41, 5.74) is 0.839. The number of halogens is 2. The minimum Gasteiger partial charge on any atom is -0.484 e. The number of carbonyl (C=O) groups excluding carboxylic acids is 1. The Labute approximate surface area is 156 Å². The zero-order valence-corrected chi connectivity index (χ0v) is 15.3. The molecule has 0 fully saturated rings. The molecule has 0 saturated heterocycles. The van der Waals surface area contributed by atoms with Crippen molar-refractivity contribution >= 4 is 27.5 Å². The van der Waals surface area contributed by atoms with Gasteiger partial charge in [0.1, 0.15) is 11.6 Å². The summed E-state index contributed by atoms with van der Waals surface area (Å²) in [5, 5.41) is 2.33. The quantitative estimate of drug-likeness (QED) is 0.675. The van der Waals surface area contributed by atoms with Crippen molar-refractivity contribution in [2.45, 2.75) is 6.54 Å². The number of hydrogen-bond acceptors (Lipinski definition) is 4. The van der Waals surface area contributed by atoms with Crippen LogP contribution in [0.4, 0.5) is 4.39 Å². The summed E-state index contributed by atoms with van der Waals surface area (Å²) >= 11 is 5.61. The van der Waals surface area contributed by atoms with Crippen LogP contribution in [-0.4, -0.2) is 33.2 Å². The van der Waals surface area contributed by atoms with Crippen molar-refractivity contribution < 1.29 is 22.3 Å². The average Bonchev–Trinajstić information content (AvgIpc) is 2.62. The monoisotopic (exact) mass is 400 g/mol. The maximum atomic E-state index is 13.0. The summed E-state index contributed by atoms with van der Waals surface area (Å²) in [6.07, 6.45) is 0. The van der Waals surface area contributed by atoms with E-state index in [0.717, 1.165) is 11.6 Å². The topological polar surface area (TPSA) is 84.5 Å². The van der Waals surface area contributed by atoms with Crippen molar-refractivity contribution in [2.75, 3.05) is 18.9 Å². The SMILES string of the molecule is O=C(COc1ccc(F)c(Cl)c1)NCCS(=O)(=O)NCc1ccccc1. The van der Waals surface area contributed by atoms with E-state index in [4.69, 9.17) is 16.3 Å². The lowest BCUT2D eigenvalue weighted by molar-refractivity contribution is -0.122. The number of sulfonamides is 1. The third-order valence-electron chi connectivity index (χ3n) is 3.29.